The maximum absolute atomic E-state index is 12.5. The van der Waals surface area contributed by atoms with Gasteiger partial charge in [-0.3, -0.25) is 4.79 Å². The van der Waals surface area contributed by atoms with Crippen LogP contribution < -0.4 is 5.73 Å². The predicted molar refractivity (Wildman–Crippen MR) is 83.6 cm³/mol. The van der Waals surface area contributed by atoms with Gasteiger partial charge in [0.1, 0.15) is 0 Å². The van der Waals surface area contributed by atoms with Crippen LogP contribution in [-0.2, 0) is 9.53 Å². The normalized spacial score (nSPS) is 25.8. The molecule has 2 fully saturated rings. The quantitative estimate of drug-likeness (QED) is 0.671. The van der Waals surface area contributed by atoms with Crippen LogP contribution in [0.2, 0.25) is 0 Å². The number of rotatable bonds is 2. The number of hydrogen-bond acceptors (Lipinski definition) is 3. The van der Waals surface area contributed by atoms with Crippen LogP contribution >= 0.6 is 0 Å². The van der Waals surface area contributed by atoms with Crippen molar-refractivity contribution in [3.8, 4) is 0 Å². The number of anilines is 1. The molecule has 2 N–H and O–H groups in total. The van der Waals surface area contributed by atoms with Gasteiger partial charge in [0, 0.05) is 18.3 Å². The van der Waals surface area contributed by atoms with E-state index >= 15 is 0 Å². The summed E-state index contributed by atoms with van der Waals surface area (Å²) in [7, 11) is 0. The summed E-state index contributed by atoms with van der Waals surface area (Å²) in [5.74, 6) is 0.0898. The van der Waals surface area contributed by atoms with E-state index in [2.05, 4.69) is 0 Å². The summed E-state index contributed by atoms with van der Waals surface area (Å²) in [6, 6.07) is 7.78. The molecule has 4 heteroatoms. The van der Waals surface area contributed by atoms with Crippen LogP contribution in [0.1, 0.15) is 31.2 Å². The fourth-order valence-electron chi connectivity index (χ4n) is 3.24. The van der Waals surface area contributed by atoms with Crippen LogP contribution in [0.3, 0.4) is 0 Å². The zero-order valence-electron chi connectivity index (χ0n) is 12.2. The highest BCUT2D eigenvalue weighted by Gasteiger charge is 2.35. The molecule has 0 bridgehead atoms. The molecule has 1 aliphatic heterocycles. The van der Waals surface area contributed by atoms with Crippen molar-refractivity contribution in [2.45, 2.75) is 37.8 Å². The second kappa shape index (κ2) is 6.31. The highest BCUT2D eigenvalue weighted by Crippen LogP contribution is 2.28. The first-order valence-electron chi connectivity index (χ1n) is 7.70. The molecule has 2 atom stereocenters. The van der Waals surface area contributed by atoms with E-state index in [1.54, 1.807) is 6.08 Å². The SMILES string of the molecule is Nc1ccc(/C=C/C(=O)N2CCOC3CCCCC32)cc1. The minimum Gasteiger partial charge on any atom is -0.399 e. The number of benzene rings is 1. The summed E-state index contributed by atoms with van der Waals surface area (Å²) >= 11 is 0. The molecule has 2 aliphatic rings. The van der Waals surface area contributed by atoms with Gasteiger partial charge in [-0.2, -0.15) is 0 Å². The molecule has 0 radical (unpaired) electrons. The lowest BCUT2D eigenvalue weighted by Crippen LogP contribution is -2.54. The van der Waals surface area contributed by atoms with Gasteiger partial charge >= 0.3 is 0 Å². The van der Waals surface area contributed by atoms with Gasteiger partial charge in [0.05, 0.1) is 18.8 Å². The Kier molecular flexibility index (Phi) is 4.25. The van der Waals surface area contributed by atoms with E-state index in [1.807, 2.05) is 35.2 Å². The van der Waals surface area contributed by atoms with Crippen molar-refractivity contribution >= 4 is 17.7 Å². The molecule has 0 spiro atoms. The van der Waals surface area contributed by atoms with Crippen molar-refractivity contribution in [1.82, 2.24) is 4.90 Å². The third-order valence-electron chi connectivity index (χ3n) is 4.37. The Labute approximate surface area is 125 Å². The smallest absolute Gasteiger partial charge is 0.246 e. The van der Waals surface area contributed by atoms with Gasteiger partial charge in [0.15, 0.2) is 0 Å². The maximum Gasteiger partial charge on any atom is 0.246 e. The monoisotopic (exact) mass is 286 g/mol. The molecule has 1 saturated carbocycles. The van der Waals surface area contributed by atoms with Crippen molar-refractivity contribution in [3.63, 3.8) is 0 Å². The number of morpholine rings is 1. The highest BCUT2D eigenvalue weighted by atomic mass is 16.5. The summed E-state index contributed by atoms with van der Waals surface area (Å²) < 4.78 is 5.81. The number of carbonyl (C=O) groups is 1. The molecule has 3 rings (SSSR count). The Balaban J connectivity index is 1.67. The van der Waals surface area contributed by atoms with E-state index in [9.17, 15) is 4.79 Å². The van der Waals surface area contributed by atoms with Gasteiger partial charge in [-0.15, -0.1) is 0 Å². The number of nitrogens with two attached hydrogens (primary N) is 1. The lowest BCUT2D eigenvalue weighted by Gasteiger charge is -2.43. The Morgan fingerprint density at radius 2 is 2.00 bits per heavy atom. The molecule has 1 aromatic carbocycles. The van der Waals surface area contributed by atoms with Gasteiger partial charge in [0.25, 0.3) is 0 Å². The molecule has 21 heavy (non-hydrogen) atoms. The molecule has 1 amide bonds. The van der Waals surface area contributed by atoms with Crippen molar-refractivity contribution in [2.24, 2.45) is 0 Å². The van der Waals surface area contributed by atoms with Crippen LogP contribution in [0.5, 0.6) is 0 Å². The van der Waals surface area contributed by atoms with Gasteiger partial charge in [0.2, 0.25) is 5.91 Å². The van der Waals surface area contributed by atoms with Crippen LogP contribution in [0.25, 0.3) is 6.08 Å². The number of nitrogen functional groups attached to an aromatic ring is 1. The van der Waals surface area contributed by atoms with E-state index in [4.69, 9.17) is 10.5 Å². The summed E-state index contributed by atoms with van der Waals surface area (Å²) in [5.41, 5.74) is 7.38. The molecule has 1 heterocycles. The van der Waals surface area contributed by atoms with E-state index < -0.39 is 0 Å². The average molecular weight is 286 g/mol. The second-order valence-electron chi connectivity index (χ2n) is 5.79. The summed E-state index contributed by atoms with van der Waals surface area (Å²) in [4.78, 5) is 14.4. The van der Waals surface area contributed by atoms with Crippen LogP contribution in [-0.4, -0.2) is 36.1 Å². The Hall–Kier alpha value is -1.81. The standard InChI is InChI=1S/C17H22N2O2/c18-14-8-5-13(6-9-14)7-10-17(20)19-11-12-21-16-4-2-1-3-15(16)19/h5-10,15-16H,1-4,11-12,18H2/b10-7+. The minimum absolute atomic E-state index is 0.0898. The van der Waals surface area contributed by atoms with E-state index in [0.29, 0.717) is 13.2 Å². The molecule has 0 aromatic heterocycles. The van der Waals surface area contributed by atoms with E-state index in [0.717, 1.165) is 24.1 Å². The highest BCUT2D eigenvalue weighted by molar-refractivity contribution is 5.92. The van der Waals surface area contributed by atoms with Gasteiger partial charge < -0.3 is 15.4 Å². The Bertz CT molecular complexity index is 522. The van der Waals surface area contributed by atoms with Crippen molar-refractivity contribution < 1.29 is 9.53 Å². The number of nitrogens with zero attached hydrogens (tertiary/aromatic N) is 1. The van der Waals surface area contributed by atoms with Gasteiger partial charge in [-0.1, -0.05) is 25.0 Å². The van der Waals surface area contributed by atoms with Crippen molar-refractivity contribution in [2.75, 3.05) is 18.9 Å². The molecule has 1 aliphatic carbocycles. The molecular formula is C17H22N2O2. The van der Waals surface area contributed by atoms with E-state index in [-0.39, 0.29) is 18.1 Å². The molecule has 4 nitrogen and oxygen atoms in total. The molecule has 112 valence electrons. The maximum atomic E-state index is 12.5. The third-order valence-corrected chi connectivity index (χ3v) is 4.37. The number of carbonyl (C=O) groups excluding carboxylic acids is 1. The Morgan fingerprint density at radius 1 is 1.24 bits per heavy atom. The van der Waals surface area contributed by atoms with Gasteiger partial charge in [-0.05, 0) is 36.6 Å². The zero-order chi connectivity index (χ0) is 14.7. The summed E-state index contributed by atoms with van der Waals surface area (Å²) in [6.07, 6.45) is 8.31. The first-order valence-corrected chi connectivity index (χ1v) is 7.70. The predicted octanol–water partition coefficient (Wildman–Crippen LogP) is 2.45. The molecule has 1 aromatic rings. The first-order chi connectivity index (χ1) is 10.2. The number of amides is 1. The largest absolute Gasteiger partial charge is 0.399 e. The van der Waals surface area contributed by atoms with Gasteiger partial charge in [-0.25, -0.2) is 0 Å². The molecule has 1 saturated heterocycles. The fourth-order valence-corrected chi connectivity index (χ4v) is 3.24. The number of fused-ring (bicyclic) bond motifs is 1. The lowest BCUT2D eigenvalue weighted by molar-refractivity contribution is -0.144. The first kappa shape index (κ1) is 14.1. The van der Waals surface area contributed by atoms with Crippen LogP contribution in [0.15, 0.2) is 30.3 Å². The second-order valence-corrected chi connectivity index (χ2v) is 5.79. The van der Waals surface area contributed by atoms with Crippen LogP contribution in [0.4, 0.5) is 5.69 Å². The third kappa shape index (κ3) is 3.27. The number of hydrogen-bond donors (Lipinski definition) is 1. The number of ether oxygens (including phenoxy) is 1. The zero-order valence-corrected chi connectivity index (χ0v) is 12.2. The summed E-state index contributed by atoms with van der Waals surface area (Å²) in [6.45, 7) is 1.36. The average Bonchev–Trinajstić information content (AvgIpc) is 2.53. The molecule has 2 unspecified atom stereocenters. The van der Waals surface area contributed by atoms with Crippen LogP contribution in [0, 0.1) is 0 Å². The minimum atomic E-state index is 0.0898. The fraction of sp³-hybridized carbons (Fsp3) is 0.471. The Morgan fingerprint density at radius 3 is 2.81 bits per heavy atom. The van der Waals surface area contributed by atoms with Crippen molar-refractivity contribution in [3.05, 3.63) is 35.9 Å². The molecular weight excluding hydrogens is 264 g/mol. The van der Waals surface area contributed by atoms with Crippen molar-refractivity contribution in [1.29, 1.82) is 0 Å². The topological polar surface area (TPSA) is 55.6 Å². The lowest BCUT2D eigenvalue weighted by atomic mass is 9.90. The van der Waals surface area contributed by atoms with E-state index in [1.165, 1.54) is 12.8 Å². The summed E-state index contributed by atoms with van der Waals surface area (Å²) in [5, 5.41) is 0.